The van der Waals surface area contributed by atoms with E-state index in [9.17, 15) is 23.7 Å². The van der Waals surface area contributed by atoms with Gasteiger partial charge in [0.1, 0.15) is 0 Å². The summed E-state index contributed by atoms with van der Waals surface area (Å²) in [5.41, 5.74) is -0.727. The maximum Gasteiger partial charge on any atom is 0.325 e. The fourth-order valence-corrected chi connectivity index (χ4v) is 3.84. The molecular weight excluding hydrogens is 342 g/mol. The number of aliphatic hydroxyl groups excluding tert-OH is 1. The van der Waals surface area contributed by atoms with Crippen LogP contribution in [0.2, 0.25) is 0 Å². The topological polar surface area (TPSA) is 132 Å². The second kappa shape index (κ2) is 9.48. The van der Waals surface area contributed by atoms with Gasteiger partial charge in [-0.15, -0.1) is 0 Å². The van der Waals surface area contributed by atoms with Crippen molar-refractivity contribution in [2.45, 2.75) is 13.0 Å². The van der Waals surface area contributed by atoms with Crippen LogP contribution in [0.5, 0.6) is 0 Å². The molecule has 0 aliphatic carbocycles. The number of hydrogen-bond donors (Lipinski definition) is 4. The molecule has 0 aliphatic heterocycles. The number of carbonyl (C=O) groups excluding carboxylic acids is 1. The summed E-state index contributed by atoms with van der Waals surface area (Å²) in [7, 11) is -1.15. The van der Waals surface area contributed by atoms with Crippen molar-refractivity contribution in [3.8, 4) is 0 Å². The van der Waals surface area contributed by atoms with Crippen molar-refractivity contribution in [1.29, 1.82) is 0 Å². The van der Waals surface area contributed by atoms with Gasteiger partial charge >= 0.3 is 5.69 Å². The Bertz CT molecular complexity index is 710. The standard InChI is InChI=1S/C13H19N3O5S2/c1-8-10(12(19)16-13(20)14-8)3-4-11(18)15-9(5-17)6-23(21)7-22-2/h3-4,9,17H,5-7H2,1-2H3,(H,15,18)(H2,14,16,19,20)/b4-3+/t9-,23?/m1/s1. The molecule has 0 bridgehead atoms. The van der Waals surface area contributed by atoms with Gasteiger partial charge in [0.2, 0.25) is 5.91 Å². The first-order valence-electron chi connectivity index (χ1n) is 6.64. The van der Waals surface area contributed by atoms with Crippen LogP contribution in [-0.4, -0.2) is 54.9 Å². The minimum Gasteiger partial charge on any atom is -0.394 e. The van der Waals surface area contributed by atoms with Gasteiger partial charge in [0.15, 0.2) is 0 Å². The summed E-state index contributed by atoms with van der Waals surface area (Å²) in [4.78, 5) is 39.0. The Morgan fingerprint density at radius 1 is 1.43 bits per heavy atom. The predicted molar refractivity (Wildman–Crippen MR) is 91.9 cm³/mol. The van der Waals surface area contributed by atoms with Gasteiger partial charge in [-0.1, -0.05) is 0 Å². The van der Waals surface area contributed by atoms with Gasteiger partial charge < -0.3 is 15.4 Å². The van der Waals surface area contributed by atoms with Gasteiger partial charge in [-0.3, -0.25) is 18.8 Å². The Labute approximate surface area is 139 Å². The third kappa shape index (κ3) is 6.55. The average Bonchev–Trinajstić information content (AvgIpc) is 2.45. The molecule has 0 radical (unpaired) electrons. The van der Waals surface area contributed by atoms with Crippen molar-refractivity contribution < 1.29 is 14.1 Å². The number of carbonyl (C=O) groups is 1. The molecular formula is C13H19N3O5S2. The third-order valence-corrected chi connectivity index (χ3v) is 5.55. The van der Waals surface area contributed by atoms with Gasteiger partial charge in [0.25, 0.3) is 5.56 Å². The lowest BCUT2D eigenvalue weighted by molar-refractivity contribution is -0.117. The molecule has 4 N–H and O–H groups in total. The Kier molecular flexibility index (Phi) is 8.00. The fraction of sp³-hybridized carbons (Fsp3) is 0.462. The fourth-order valence-electron chi connectivity index (χ4n) is 1.76. The lowest BCUT2D eigenvalue weighted by atomic mass is 10.2. The van der Waals surface area contributed by atoms with E-state index in [4.69, 9.17) is 0 Å². The summed E-state index contributed by atoms with van der Waals surface area (Å²) in [5, 5.41) is 12.2. The summed E-state index contributed by atoms with van der Waals surface area (Å²) in [5.74, 6) is -0.384. The van der Waals surface area contributed by atoms with Crippen LogP contribution < -0.4 is 16.6 Å². The molecule has 0 saturated carbocycles. The number of amides is 1. The molecule has 1 heterocycles. The summed E-state index contributed by atoms with van der Waals surface area (Å²) in [6.07, 6.45) is 4.21. The Morgan fingerprint density at radius 2 is 2.13 bits per heavy atom. The van der Waals surface area contributed by atoms with E-state index in [0.717, 1.165) is 6.08 Å². The molecule has 1 aromatic rings. The number of hydrogen-bond acceptors (Lipinski definition) is 6. The number of aromatic nitrogens is 2. The average molecular weight is 361 g/mol. The minimum atomic E-state index is -1.15. The van der Waals surface area contributed by atoms with Crippen molar-refractivity contribution in [3.63, 3.8) is 0 Å². The van der Waals surface area contributed by atoms with Crippen LogP contribution in [0.25, 0.3) is 6.08 Å². The van der Waals surface area contributed by atoms with Gasteiger partial charge in [-0.2, -0.15) is 11.8 Å². The highest BCUT2D eigenvalue weighted by Gasteiger charge is 2.13. The SMILES string of the molecule is CSCS(=O)C[C@@H](CO)NC(=O)/C=C/c1c(C)[nH]c(=O)[nH]c1=O. The van der Waals surface area contributed by atoms with E-state index in [1.54, 1.807) is 0 Å². The molecule has 0 saturated heterocycles. The first-order valence-corrected chi connectivity index (χ1v) is 9.52. The van der Waals surface area contributed by atoms with E-state index in [1.165, 1.54) is 24.8 Å². The first-order chi connectivity index (χ1) is 10.9. The molecule has 0 aliphatic rings. The first kappa shape index (κ1) is 19.4. The molecule has 1 unspecified atom stereocenters. The van der Waals surface area contributed by atoms with Crippen LogP contribution in [-0.2, 0) is 15.6 Å². The summed E-state index contributed by atoms with van der Waals surface area (Å²) in [6.45, 7) is 1.20. The normalized spacial score (nSPS) is 13.9. The van der Waals surface area contributed by atoms with Gasteiger partial charge in [-0.05, 0) is 19.3 Å². The quantitative estimate of drug-likeness (QED) is 0.436. The third-order valence-electron chi connectivity index (χ3n) is 2.78. The van der Waals surface area contributed by atoms with Gasteiger partial charge in [0.05, 0.1) is 23.3 Å². The zero-order valence-electron chi connectivity index (χ0n) is 12.8. The lowest BCUT2D eigenvalue weighted by Crippen LogP contribution is -2.40. The van der Waals surface area contributed by atoms with E-state index in [2.05, 4.69) is 15.3 Å². The molecule has 8 nitrogen and oxygen atoms in total. The molecule has 23 heavy (non-hydrogen) atoms. The van der Waals surface area contributed by atoms with E-state index in [1.807, 2.05) is 6.26 Å². The monoisotopic (exact) mass is 361 g/mol. The molecule has 0 spiro atoms. The molecule has 1 aromatic heterocycles. The maximum absolute atomic E-state index is 11.8. The van der Waals surface area contributed by atoms with Gasteiger partial charge in [-0.25, -0.2) is 4.79 Å². The predicted octanol–water partition coefficient (Wildman–Crippen LogP) is -1.07. The molecule has 1 rings (SSSR count). The number of aryl methyl sites for hydroxylation is 1. The molecule has 1 amide bonds. The highest BCUT2D eigenvalue weighted by Crippen LogP contribution is 2.00. The van der Waals surface area contributed by atoms with Crippen molar-refractivity contribution in [2.24, 2.45) is 0 Å². The van der Waals surface area contributed by atoms with Crippen molar-refractivity contribution in [2.75, 3.05) is 23.7 Å². The van der Waals surface area contributed by atoms with E-state index >= 15 is 0 Å². The molecule has 10 heteroatoms. The Hall–Kier alpha value is -1.65. The zero-order chi connectivity index (χ0) is 17.4. The molecule has 0 fully saturated rings. The second-order valence-electron chi connectivity index (χ2n) is 4.68. The number of H-pyrrole nitrogens is 2. The van der Waals surface area contributed by atoms with Crippen LogP contribution >= 0.6 is 11.8 Å². The summed E-state index contributed by atoms with van der Waals surface area (Å²) >= 11 is 1.42. The number of aromatic amines is 2. The highest BCUT2D eigenvalue weighted by atomic mass is 32.2. The maximum atomic E-state index is 11.8. The molecule has 128 valence electrons. The Morgan fingerprint density at radius 3 is 2.70 bits per heavy atom. The molecule has 0 aromatic carbocycles. The minimum absolute atomic E-state index is 0.148. The zero-order valence-corrected chi connectivity index (χ0v) is 14.4. The number of rotatable bonds is 8. The van der Waals surface area contributed by atoms with Crippen molar-refractivity contribution in [1.82, 2.24) is 15.3 Å². The number of aliphatic hydroxyl groups is 1. The smallest absolute Gasteiger partial charge is 0.325 e. The summed E-state index contributed by atoms with van der Waals surface area (Å²) in [6, 6.07) is -0.630. The summed E-state index contributed by atoms with van der Waals surface area (Å²) < 4.78 is 11.6. The van der Waals surface area contributed by atoms with Crippen LogP contribution in [0.4, 0.5) is 0 Å². The van der Waals surface area contributed by atoms with Crippen LogP contribution in [0.1, 0.15) is 11.3 Å². The van der Waals surface area contributed by atoms with Crippen molar-refractivity contribution >= 4 is 34.5 Å². The van der Waals surface area contributed by atoms with Gasteiger partial charge in [0, 0.05) is 28.3 Å². The highest BCUT2D eigenvalue weighted by molar-refractivity contribution is 8.09. The van der Waals surface area contributed by atoms with Crippen LogP contribution in [0.15, 0.2) is 15.7 Å². The number of nitrogens with one attached hydrogen (secondary N) is 3. The van der Waals surface area contributed by atoms with Crippen molar-refractivity contribution in [3.05, 3.63) is 38.2 Å². The lowest BCUT2D eigenvalue weighted by Gasteiger charge is -2.14. The van der Waals surface area contributed by atoms with E-state index < -0.39 is 34.0 Å². The van der Waals surface area contributed by atoms with Crippen LogP contribution in [0, 0.1) is 6.92 Å². The van der Waals surface area contributed by atoms with E-state index in [0.29, 0.717) is 10.8 Å². The Balaban J connectivity index is 2.74. The molecule has 2 atom stereocenters. The van der Waals surface area contributed by atoms with E-state index in [-0.39, 0.29) is 17.9 Å². The largest absolute Gasteiger partial charge is 0.394 e. The number of thioether (sulfide) groups is 1. The second-order valence-corrected chi connectivity index (χ2v) is 7.41. The van der Waals surface area contributed by atoms with Crippen LogP contribution in [0.3, 0.4) is 0 Å².